The summed E-state index contributed by atoms with van der Waals surface area (Å²) in [7, 11) is 0. The molecule has 1 fully saturated rings. The van der Waals surface area contributed by atoms with Crippen LogP contribution in [0.15, 0.2) is 18.3 Å². The van der Waals surface area contributed by atoms with E-state index in [9.17, 15) is 14.0 Å². The lowest BCUT2D eigenvalue weighted by atomic mass is 9.96. The van der Waals surface area contributed by atoms with Crippen LogP contribution in [0.1, 0.15) is 47.8 Å². The number of carbonyl (C=O) groups excluding carboxylic acids is 2. The number of piperidine rings is 1. The van der Waals surface area contributed by atoms with Gasteiger partial charge in [-0.3, -0.25) is 9.59 Å². The number of halogens is 1. The van der Waals surface area contributed by atoms with Crippen molar-refractivity contribution in [3.05, 3.63) is 41.5 Å². The lowest BCUT2D eigenvalue weighted by Gasteiger charge is -2.31. The number of aromatic nitrogens is 4. The summed E-state index contributed by atoms with van der Waals surface area (Å²) < 4.78 is 15.2. The van der Waals surface area contributed by atoms with E-state index in [0.29, 0.717) is 26.1 Å². The maximum Gasteiger partial charge on any atom is 0.272 e. The number of rotatable bonds is 2. The van der Waals surface area contributed by atoms with Crippen LogP contribution in [0.5, 0.6) is 0 Å². The number of hydrogen-bond donors (Lipinski definition) is 0. The van der Waals surface area contributed by atoms with Crippen molar-refractivity contribution >= 4 is 11.8 Å². The van der Waals surface area contributed by atoms with Crippen molar-refractivity contribution in [2.45, 2.75) is 38.6 Å². The van der Waals surface area contributed by atoms with E-state index in [0.717, 1.165) is 43.8 Å². The van der Waals surface area contributed by atoms with Crippen molar-refractivity contribution in [2.24, 2.45) is 0 Å². The Balaban J connectivity index is 1.44. The van der Waals surface area contributed by atoms with Crippen LogP contribution in [-0.4, -0.2) is 67.5 Å². The Morgan fingerprint density at radius 1 is 1.04 bits per heavy atom. The van der Waals surface area contributed by atoms with Gasteiger partial charge in [-0.2, -0.15) is 0 Å². The number of pyridine rings is 1. The SMILES string of the molecule is CC(=O)N1CCC(c2nnc3n2CCN(C(=O)c2ccc(F)cn2)CC3)CC1. The largest absolute Gasteiger partial charge is 0.343 e. The smallest absolute Gasteiger partial charge is 0.272 e. The monoisotopic (exact) mass is 386 g/mol. The molecule has 0 saturated carbocycles. The van der Waals surface area contributed by atoms with Crippen LogP contribution in [-0.2, 0) is 17.8 Å². The lowest BCUT2D eigenvalue weighted by Crippen LogP contribution is -2.37. The predicted molar refractivity (Wildman–Crippen MR) is 98.1 cm³/mol. The molecule has 0 unspecified atom stereocenters. The van der Waals surface area contributed by atoms with E-state index in [4.69, 9.17) is 0 Å². The number of fused-ring (bicyclic) bond motifs is 1. The van der Waals surface area contributed by atoms with Gasteiger partial charge in [-0.05, 0) is 25.0 Å². The molecule has 9 heteroatoms. The minimum atomic E-state index is -0.459. The summed E-state index contributed by atoms with van der Waals surface area (Å²) in [4.78, 5) is 31.7. The Kier molecular flexibility index (Phi) is 5.06. The van der Waals surface area contributed by atoms with Crippen LogP contribution >= 0.6 is 0 Å². The molecule has 0 N–H and O–H groups in total. The summed E-state index contributed by atoms with van der Waals surface area (Å²) in [6.07, 6.45) is 3.43. The third-order valence-electron chi connectivity index (χ3n) is 5.59. The predicted octanol–water partition coefficient (Wildman–Crippen LogP) is 1.24. The van der Waals surface area contributed by atoms with E-state index in [1.165, 1.54) is 12.1 Å². The van der Waals surface area contributed by atoms with Crippen LogP contribution in [0, 0.1) is 5.82 Å². The van der Waals surface area contributed by atoms with E-state index in [-0.39, 0.29) is 23.4 Å². The molecule has 4 rings (SSSR count). The van der Waals surface area contributed by atoms with Gasteiger partial charge in [0.05, 0.1) is 6.20 Å². The number of amides is 2. The van der Waals surface area contributed by atoms with Crippen LogP contribution in [0.3, 0.4) is 0 Å². The average molecular weight is 386 g/mol. The molecule has 1 saturated heterocycles. The Hall–Kier alpha value is -2.84. The van der Waals surface area contributed by atoms with E-state index in [1.54, 1.807) is 11.8 Å². The number of likely N-dealkylation sites (tertiary alicyclic amines) is 1. The normalized spacial score (nSPS) is 17.9. The fourth-order valence-electron chi connectivity index (χ4n) is 3.97. The van der Waals surface area contributed by atoms with E-state index in [2.05, 4.69) is 19.7 Å². The summed E-state index contributed by atoms with van der Waals surface area (Å²) in [6, 6.07) is 2.66. The van der Waals surface area contributed by atoms with E-state index in [1.807, 2.05) is 4.90 Å². The van der Waals surface area contributed by atoms with Gasteiger partial charge in [0, 0.05) is 52.0 Å². The average Bonchev–Trinajstić information content (AvgIpc) is 2.99. The maximum absolute atomic E-state index is 13.1. The van der Waals surface area contributed by atoms with Gasteiger partial charge in [-0.1, -0.05) is 0 Å². The van der Waals surface area contributed by atoms with Gasteiger partial charge in [-0.15, -0.1) is 10.2 Å². The highest BCUT2D eigenvalue weighted by Gasteiger charge is 2.29. The van der Waals surface area contributed by atoms with Gasteiger partial charge < -0.3 is 14.4 Å². The second-order valence-electron chi connectivity index (χ2n) is 7.31. The molecular formula is C19H23FN6O2. The van der Waals surface area contributed by atoms with Gasteiger partial charge in [0.1, 0.15) is 23.2 Å². The molecule has 2 aromatic rings. The van der Waals surface area contributed by atoms with Crippen molar-refractivity contribution < 1.29 is 14.0 Å². The molecule has 2 aromatic heterocycles. The highest BCUT2D eigenvalue weighted by Crippen LogP contribution is 2.28. The number of hydrogen-bond acceptors (Lipinski definition) is 5. The van der Waals surface area contributed by atoms with Gasteiger partial charge >= 0.3 is 0 Å². The molecule has 0 atom stereocenters. The second kappa shape index (κ2) is 7.65. The molecule has 0 aromatic carbocycles. The van der Waals surface area contributed by atoms with E-state index < -0.39 is 5.82 Å². The molecule has 28 heavy (non-hydrogen) atoms. The number of carbonyl (C=O) groups is 2. The molecule has 2 aliphatic heterocycles. The molecule has 0 spiro atoms. The summed E-state index contributed by atoms with van der Waals surface area (Å²) in [5.74, 6) is 1.56. The minimum absolute atomic E-state index is 0.113. The molecule has 4 heterocycles. The standard InChI is InChI=1S/C19H23FN6O2/c1-13(27)24-7-4-14(5-8-24)18-23-22-17-6-9-25(10-11-26(17)18)19(28)16-3-2-15(20)12-21-16/h2-3,12,14H,4-11H2,1H3. The highest BCUT2D eigenvalue weighted by atomic mass is 19.1. The van der Waals surface area contributed by atoms with Crippen molar-refractivity contribution in [2.75, 3.05) is 26.2 Å². The van der Waals surface area contributed by atoms with Crippen LogP contribution in [0.25, 0.3) is 0 Å². The van der Waals surface area contributed by atoms with Gasteiger partial charge in [0.15, 0.2) is 0 Å². The molecule has 0 bridgehead atoms. The van der Waals surface area contributed by atoms with Gasteiger partial charge in [-0.25, -0.2) is 9.37 Å². The third-order valence-corrected chi connectivity index (χ3v) is 5.59. The Morgan fingerprint density at radius 2 is 1.82 bits per heavy atom. The van der Waals surface area contributed by atoms with Crippen LogP contribution in [0.4, 0.5) is 4.39 Å². The first-order chi connectivity index (χ1) is 13.5. The fraction of sp³-hybridized carbons (Fsp3) is 0.526. The molecule has 148 valence electrons. The Bertz CT molecular complexity index is 873. The topological polar surface area (TPSA) is 84.2 Å². The molecule has 2 amide bonds. The van der Waals surface area contributed by atoms with Crippen LogP contribution in [0.2, 0.25) is 0 Å². The van der Waals surface area contributed by atoms with Crippen molar-refractivity contribution in [1.82, 2.24) is 29.5 Å². The first-order valence-corrected chi connectivity index (χ1v) is 9.61. The molecule has 0 radical (unpaired) electrons. The first-order valence-electron chi connectivity index (χ1n) is 9.61. The fourth-order valence-corrected chi connectivity index (χ4v) is 3.97. The quantitative estimate of drug-likeness (QED) is 0.775. The van der Waals surface area contributed by atoms with Gasteiger partial charge in [0.25, 0.3) is 5.91 Å². The van der Waals surface area contributed by atoms with Crippen LogP contribution < -0.4 is 0 Å². The van der Waals surface area contributed by atoms with Crippen molar-refractivity contribution in [1.29, 1.82) is 0 Å². The second-order valence-corrected chi connectivity index (χ2v) is 7.31. The summed E-state index contributed by atoms with van der Waals surface area (Å²) >= 11 is 0. The zero-order valence-corrected chi connectivity index (χ0v) is 15.8. The number of nitrogens with zero attached hydrogens (tertiary/aromatic N) is 6. The van der Waals surface area contributed by atoms with Crippen molar-refractivity contribution in [3.8, 4) is 0 Å². The summed E-state index contributed by atoms with van der Waals surface area (Å²) in [6.45, 7) is 4.76. The maximum atomic E-state index is 13.1. The Labute approximate surface area is 162 Å². The van der Waals surface area contributed by atoms with Gasteiger partial charge in [0.2, 0.25) is 5.91 Å². The Morgan fingerprint density at radius 3 is 2.50 bits per heavy atom. The molecule has 8 nitrogen and oxygen atoms in total. The molecule has 0 aliphatic carbocycles. The lowest BCUT2D eigenvalue weighted by molar-refractivity contribution is -0.129. The zero-order valence-electron chi connectivity index (χ0n) is 15.8. The molecule has 2 aliphatic rings. The highest BCUT2D eigenvalue weighted by molar-refractivity contribution is 5.92. The summed E-state index contributed by atoms with van der Waals surface area (Å²) in [5, 5.41) is 8.78. The van der Waals surface area contributed by atoms with E-state index >= 15 is 0 Å². The molecular weight excluding hydrogens is 363 g/mol. The minimum Gasteiger partial charge on any atom is -0.343 e. The third kappa shape index (κ3) is 3.61. The first kappa shape index (κ1) is 18.5. The summed E-state index contributed by atoms with van der Waals surface area (Å²) in [5.41, 5.74) is 0.246. The zero-order chi connectivity index (χ0) is 19.7. The van der Waals surface area contributed by atoms with Crippen molar-refractivity contribution in [3.63, 3.8) is 0 Å².